The first-order valence-corrected chi connectivity index (χ1v) is 6.47. The largest absolute Gasteiger partial charge is 0.387 e. The minimum atomic E-state index is -0.493. The van der Waals surface area contributed by atoms with Gasteiger partial charge < -0.3 is 9.84 Å². The SMILES string of the molecule is CC1OCCC1Sc1ccc([C@@H](C)O)nc1. The van der Waals surface area contributed by atoms with Crippen LogP contribution in [0, 0.1) is 0 Å². The molecule has 2 unspecified atom stereocenters. The molecule has 3 atom stereocenters. The van der Waals surface area contributed by atoms with E-state index < -0.39 is 6.10 Å². The van der Waals surface area contributed by atoms with Gasteiger partial charge in [-0.15, -0.1) is 11.8 Å². The number of aromatic nitrogens is 1. The Morgan fingerprint density at radius 3 is 2.88 bits per heavy atom. The molecule has 16 heavy (non-hydrogen) atoms. The molecule has 0 spiro atoms. The van der Waals surface area contributed by atoms with Crippen molar-refractivity contribution in [2.75, 3.05) is 6.61 Å². The Bertz CT molecular complexity index is 339. The van der Waals surface area contributed by atoms with Crippen molar-refractivity contribution < 1.29 is 9.84 Å². The average Bonchev–Trinajstić information content (AvgIpc) is 2.65. The molecule has 0 radical (unpaired) electrons. The number of aliphatic hydroxyl groups is 1. The van der Waals surface area contributed by atoms with Crippen LogP contribution < -0.4 is 0 Å². The van der Waals surface area contributed by atoms with Gasteiger partial charge in [-0.05, 0) is 32.4 Å². The van der Waals surface area contributed by atoms with Gasteiger partial charge in [-0.2, -0.15) is 0 Å². The van der Waals surface area contributed by atoms with Crippen LogP contribution in [0.25, 0.3) is 0 Å². The van der Waals surface area contributed by atoms with Crippen LogP contribution in [-0.4, -0.2) is 28.1 Å². The van der Waals surface area contributed by atoms with Crippen LogP contribution in [0.2, 0.25) is 0 Å². The van der Waals surface area contributed by atoms with E-state index in [9.17, 15) is 5.11 Å². The summed E-state index contributed by atoms with van der Waals surface area (Å²) in [4.78, 5) is 5.38. The number of ether oxygens (including phenoxy) is 1. The van der Waals surface area contributed by atoms with E-state index in [-0.39, 0.29) is 0 Å². The normalized spacial score (nSPS) is 26.9. The average molecular weight is 239 g/mol. The van der Waals surface area contributed by atoms with Crippen molar-refractivity contribution >= 4 is 11.8 Å². The summed E-state index contributed by atoms with van der Waals surface area (Å²) in [6, 6.07) is 3.90. The third-order valence-corrected chi connectivity index (χ3v) is 4.22. The lowest BCUT2D eigenvalue weighted by Crippen LogP contribution is -2.13. The molecule has 2 rings (SSSR count). The van der Waals surface area contributed by atoms with Gasteiger partial charge in [0.15, 0.2) is 0 Å². The number of hydrogen-bond donors (Lipinski definition) is 1. The Kier molecular flexibility index (Phi) is 3.84. The molecular weight excluding hydrogens is 222 g/mol. The zero-order valence-corrected chi connectivity index (χ0v) is 10.4. The van der Waals surface area contributed by atoms with E-state index >= 15 is 0 Å². The fourth-order valence-corrected chi connectivity index (χ4v) is 2.84. The second-order valence-electron chi connectivity index (χ2n) is 4.12. The summed E-state index contributed by atoms with van der Waals surface area (Å²) >= 11 is 1.81. The second kappa shape index (κ2) is 5.17. The minimum absolute atomic E-state index is 0.321. The van der Waals surface area contributed by atoms with Gasteiger partial charge in [-0.3, -0.25) is 4.98 Å². The van der Waals surface area contributed by atoms with Crippen molar-refractivity contribution in [1.82, 2.24) is 4.98 Å². The Labute approximate surface area is 100 Å². The Hall–Kier alpha value is -0.580. The van der Waals surface area contributed by atoms with E-state index in [0.29, 0.717) is 11.4 Å². The van der Waals surface area contributed by atoms with Crippen LogP contribution in [-0.2, 0) is 4.74 Å². The molecule has 0 amide bonds. The summed E-state index contributed by atoms with van der Waals surface area (Å²) in [5.41, 5.74) is 0.722. The van der Waals surface area contributed by atoms with E-state index in [2.05, 4.69) is 11.9 Å². The Balaban J connectivity index is 1.99. The molecule has 1 aromatic heterocycles. The predicted molar refractivity (Wildman–Crippen MR) is 64.5 cm³/mol. The molecule has 1 aliphatic heterocycles. The molecule has 0 bridgehead atoms. The summed E-state index contributed by atoms with van der Waals surface area (Å²) < 4.78 is 5.52. The van der Waals surface area contributed by atoms with Crippen LogP contribution in [0.3, 0.4) is 0 Å². The molecule has 0 aliphatic carbocycles. The number of pyridine rings is 1. The van der Waals surface area contributed by atoms with Gasteiger partial charge in [0.25, 0.3) is 0 Å². The maximum atomic E-state index is 9.35. The van der Waals surface area contributed by atoms with Crippen LogP contribution in [0.15, 0.2) is 23.2 Å². The van der Waals surface area contributed by atoms with Gasteiger partial charge in [-0.25, -0.2) is 0 Å². The lowest BCUT2D eigenvalue weighted by molar-refractivity contribution is 0.127. The van der Waals surface area contributed by atoms with Crippen LogP contribution >= 0.6 is 11.8 Å². The highest BCUT2D eigenvalue weighted by Crippen LogP contribution is 2.32. The molecule has 2 heterocycles. The number of hydrogen-bond acceptors (Lipinski definition) is 4. The highest BCUT2D eigenvalue weighted by molar-refractivity contribution is 8.00. The van der Waals surface area contributed by atoms with E-state index in [1.54, 1.807) is 6.92 Å². The first-order valence-electron chi connectivity index (χ1n) is 5.59. The van der Waals surface area contributed by atoms with Crippen molar-refractivity contribution in [2.24, 2.45) is 0 Å². The minimum Gasteiger partial charge on any atom is -0.387 e. The molecule has 1 fully saturated rings. The summed E-state index contributed by atoms with van der Waals surface area (Å²) in [6.07, 6.45) is 2.76. The zero-order valence-electron chi connectivity index (χ0n) is 9.59. The predicted octanol–water partition coefficient (Wildman–Crippen LogP) is 2.40. The Morgan fingerprint density at radius 2 is 2.38 bits per heavy atom. The molecule has 0 saturated carbocycles. The maximum Gasteiger partial charge on any atom is 0.0931 e. The fourth-order valence-electron chi connectivity index (χ4n) is 1.75. The number of thioether (sulfide) groups is 1. The molecule has 3 nitrogen and oxygen atoms in total. The first-order chi connectivity index (χ1) is 7.66. The van der Waals surface area contributed by atoms with Crippen molar-refractivity contribution in [3.8, 4) is 0 Å². The van der Waals surface area contributed by atoms with Gasteiger partial charge in [0.1, 0.15) is 0 Å². The van der Waals surface area contributed by atoms with Crippen LogP contribution in [0.5, 0.6) is 0 Å². The highest BCUT2D eigenvalue weighted by Gasteiger charge is 2.25. The van der Waals surface area contributed by atoms with Gasteiger partial charge in [0.05, 0.1) is 17.9 Å². The van der Waals surface area contributed by atoms with Crippen molar-refractivity contribution in [3.63, 3.8) is 0 Å². The smallest absolute Gasteiger partial charge is 0.0931 e. The molecule has 1 aromatic rings. The summed E-state index contributed by atoms with van der Waals surface area (Å²) in [5, 5.41) is 9.88. The molecule has 0 aromatic carbocycles. The quantitative estimate of drug-likeness (QED) is 0.879. The van der Waals surface area contributed by atoms with E-state index in [4.69, 9.17) is 4.74 Å². The molecule has 1 N–H and O–H groups in total. The van der Waals surface area contributed by atoms with Crippen molar-refractivity contribution in [1.29, 1.82) is 0 Å². The van der Waals surface area contributed by atoms with E-state index in [1.165, 1.54) is 0 Å². The summed E-state index contributed by atoms with van der Waals surface area (Å²) in [7, 11) is 0. The van der Waals surface area contributed by atoms with Gasteiger partial charge in [0, 0.05) is 22.9 Å². The number of nitrogens with zero attached hydrogens (tertiary/aromatic N) is 1. The third kappa shape index (κ3) is 2.75. The van der Waals surface area contributed by atoms with Crippen molar-refractivity contribution in [3.05, 3.63) is 24.0 Å². The van der Waals surface area contributed by atoms with Crippen molar-refractivity contribution in [2.45, 2.75) is 42.6 Å². The fraction of sp³-hybridized carbons (Fsp3) is 0.583. The Morgan fingerprint density at radius 1 is 1.56 bits per heavy atom. The standard InChI is InChI=1S/C12H17NO2S/c1-8(14)11-4-3-10(7-13-11)16-12-5-6-15-9(12)2/h3-4,7-9,12,14H,5-6H2,1-2H3/t8-,9?,12?/m1/s1. The highest BCUT2D eigenvalue weighted by atomic mass is 32.2. The molecule has 1 aliphatic rings. The van der Waals surface area contributed by atoms with E-state index in [0.717, 1.165) is 23.6 Å². The van der Waals surface area contributed by atoms with Gasteiger partial charge in [0.2, 0.25) is 0 Å². The van der Waals surface area contributed by atoms with Gasteiger partial charge >= 0.3 is 0 Å². The van der Waals surface area contributed by atoms with Crippen LogP contribution in [0.1, 0.15) is 32.1 Å². The molecular formula is C12H17NO2S. The topological polar surface area (TPSA) is 42.4 Å². The molecule has 4 heteroatoms. The maximum absolute atomic E-state index is 9.35. The lowest BCUT2D eigenvalue weighted by atomic mass is 10.2. The summed E-state index contributed by atoms with van der Waals surface area (Å²) in [5.74, 6) is 0. The monoisotopic (exact) mass is 239 g/mol. The number of rotatable bonds is 3. The van der Waals surface area contributed by atoms with Crippen LogP contribution in [0.4, 0.5) is 0 Å². The third-order valence-electron chi connectivity index (χ3n) is 2.78. The second-order valence-corrected chi connectivity index (χ2v) is 5.43. The molecule has 1 saturated heterocycles. The van der Waals surface area contributed by atoms with E-state index in [1.807, 2.05) is 30.1 Å². The number of aliphatic hydroxyl groups excluding tert-OH is 1. The molecule has 88 valence electrons. The summed E-state index contributed by atoms with van der Waals surface area (Å²) in [6.45, 7) is 4.70. The van der Waals surface area contributed by atoms with Gasteiger partial charge in [-0.1, -0.05) is 0 Å². The first kappa shape index (κ1) is 11.9. The lowest BCUT2D eigenvalue weighted by Gasteiger charge is -2.13. The zero-order chi connectivity index (χ0) is 11.5.